The average molecular weight is 411 g/mol. The van der Waals surface area contributed by atoms with Crippen molar-refractivity contribution in [3.63, 3.8) is 0 Å². The number of carbonyl (C=O) groups excluding carboxylic acids is 1. The quantitative estimate of drug-likeness (QED) is 0.660. The molecule has 1 amide bonds. The maximum absolute atomic E-state index is 13.1. The van der Waals surface area contributed by atoms with Crippen LogP contribution in [0.1, 0.15) is 30.8 Å². The Hall–Kier alpha value is -3.20. The number of para-hydroxylation sites is 2. The molecular formula is C21H25N5O4. The number of aromatic nitrogens is 4. The van der Waals surface area contributed by atoms with Crippen LogP contribution in [-0.4, -0.2) is 53.7 Å². The molecule has 0 saturated carbocycles. The van der Waals surface area contributed by atoms with Crippen molar-refractivity contribution < 1.29 is 9.90 Å². The number of nitrogens with zero attached hydrogens (tertiary/aromatic N) is 4. The fourth-order valence-corrected chi connectivity index (χ4v) is 4.09. The van der Waals surface area contributed by atoms with Gasteiger partial charge in [-0.15, -0.1) is 0 Å². The van der Waals surface area contributed by atoms with Crippen LogP contribution in [0, 0.1) is 13.8 Å². The zero-order valence-electron chi connectivity index (χ0n) is 17.3. The Morgan fingerprint density at radius 3 is 2.80 bits per heavy atom. The summed E-state index contributed by atoms with van der Waals surface area (Å²) in [6.45, 7) is 5.79. The van der Waals surface area contributed by atoms with E-state index in [1.54, 1.807) is 18.7 Å². The second-order valence-electron chi connectivity index (χ2n) is 8.18. The van der Waals surface area contributed by atoms with Crippen LogP contribution in [0.5, 0.6) is 0 Å². The molecule has 4 rings (SSSR count). The number of imidazole rings is 1. The number of piperidine rings is 1. The van der Waals surface area contributed by atoms with Crippen LogP contribution < -0.4 is 11.2 Å². The number of nitrogens with one attached hydrogen (secondary N) is 1. The van der Waals surface area contributed by atoms with Gasteiger partial charge in [-0.05, 0) is 39.3 Å². The number of carbonyl (C=O) groups is 1. The van der Waals surface area contributed by atoms with E-state index < -0.39 is 22.9 Å². The Kier molecular flexibility index (Phi) is 4.85. The van der Waals surface area contributed by atoms with Gasteiger partial charge in [0.15, 0.2) is 0 Å². The number of likely N-dealkylation sites (tertiary alicyclic amines) is 1. The molecule has 158 valence electrons. The summed E-state index contributed by atoms with van der Waals surface area (Å²) in [5, 5.41) is 10.9. The summed E-state index contributed by atoms with van der Waals surface area (Å²) in [6.07, 6.45) is 1.76. The molecule has 2 N–H and O–H groups in total. The van der Waals surface area contributed by atoms with Crippen LogP contribution in [0.2, 0.25) is 0 Å². The van der Waals surface area contributed by atoms with Crippen LogP contribution in [0.3, 0.4) is 0 Å². The van der Waals surface area contributed by atoms with Gasteiger partial charge in [-0.25, -0.2) is 9.78 Å². The van der Waals surface area contributed by atoms with Crippen molar-refractivity contribution in [2.75, 3.05) is 13.1 Å². The second-order valence-corrected chi connectivity index (χ2v) is 8.18. The van der Waals surface area contributed by atoms with E-state index in [9.17, 15) is 19.5 Å². The van der Waals surface area contributed by atoms with Crippen molar-refractivity contribution in [3.05, 3.63) is 62.7 Å². The molecule has 30 heavy (non-hydrogen) atoms. The van der Waals surface area contributed by atoms with Gasteiger partial charge in [0.25, 0.3) is 5.56 Å². The van der Waals surface area contributed by atoms with Gasteiger partial charge < -0.3 is 14.6 Å². The van der Waals surface area contributed by atoms with E-state index in [0.717, 1.165) is 16.9 Å². The Morgan fingerprint density at radius 2 is 2.03 bits per heavy atom. The van der Waals surface area contributed by atoms with Crippen molar-refractivity contribution in [2.24, 2.45) is 0 Å². The van der Waals surface area contributed by atoms with Gasteiger partial charge in [-0.1, -0.05) is 12.1 Å². The number of benzene rings is 1. The zero-order valence-corrected chi connectivity index (χ0v) is 17.3. The molecule has 2 atom stereocenters. The maximum atomic E-state index is 13.1. The third kappa shape index (κ3) is 3.45. The first-order valence-corrected chi connectivity index (χ1v) is 9.91. The van der Waals surface area contributed by atoms with Gasteiger partial charge in [-0.3, -0.25) is 19.1 Å². The lowest BCUT2D eigenvalue weighted by Crippen LogP contribution is -2.55. The lowest BCUT2D eigenvalue weighted by atomic mass is 9.88. The third-order valence-electron chi connectivity index (χ3n) is 5.97. The minimum absolute atomic E-state index is 0.115. The third-order valence-corrected chi connectivity index (χ3v) is 5.97. The Bertz CT molecular complexity index is 1240. The molecule has 0 radical (unpaired) electrons. The largest absolute Gasteiger partial charge is 0.388 e. The minimum atomic E-state index is -1.19. The number of H-pyrrole nitrogens is 1. The summed E-state index contributed by atoms with van der Waals surface area (Å²) in [7, 11) is 0. The van der Waals surface area contributed by atoms with Gasteiger partial charge in [0.2, 0.25) is 5.91 Å². The second kappa shape index (κ2) is 7.24. The summed E-state index contributed by atoms with van der Waals surface area (Å²) in [6, 6.07) is 6.97. The molecule has 9 nitrogen and oxygen atoms in total. The van der Waals surface area contributed by atoms with E-state index in [4.69, 9.17) is 0 Å². The average Bonchev–Trinajstić information content (AvgIpc) is 3.00. The van der Waals surface area contributed by atoms with E-state index >= 15 is 0 Å². The van der Waals surface area contributed by atoms with E-state index in [0.29, 0.717) is 18.5 Å². The van der Waals surface area contributed by atoms with E-state index in [1.807, 2.05) is 35.8 Å². The van der Waals surface area contributed by atoms with Crippen LogP contribution >= 0.6 is 0 Å². The molecule has 0 spiro atoms. The van der Waals surface area contributed by atoms with Gasteiger partial charge in [-0.2, -0.15) is 0 Å². The summed E-state index contributed by atoms with van der Waals surface area (Å²) in [4.78, 5) is 45.6. The molecule has 1 fully saturated rings. The zero-order chi connectivity index (χ0) is 21.6. The predicted molar refractivity (Wildman–Crippen MR) is 111 cm³/mol. The molecule has 0 aliphatic carbocycles. The molecule has 9 heteroatoms. The fraction of sp³-hybridized carbons (Fsp3) is 0.429. The number of hydrogen-bond donors (Lipinski definition) is 2. The van der Waals surface area contributed by atoms with Crippen molar-refractivity contribution in [3.8, 4) is 0 Å². The molecule has 1 saturated heterocycles. The molecule has 3 aromatic rings. The highest BCUT2D eigenvalue weighted by atomic mass is 16.3. The highest BCUT2D eigenvalue weighted by Gasteiger charge is 2.41. The molecule has 0 bridgehead atoms. The van der Waals surface area contributed by atoms with Crippen LogP contribution in [0.25, 0.3) is 11.0 Å². The maximum Gasteiger partial charge on any atom is 0.328 e. The van der Waals surface area contributed by atoms with E-state index in [1.165, 1.54) is 10.8 Å². The standard InChI is InChI=1S/C21H25N5O4/c1-13-10-26(20(29)23-19(13)28)17-11-24(9-8-21(17,3)30)18(27)12-25-14(2)22-15-6-4-5-7-16(15)25/h4-7,10,17,30H,8-9,11-12H2,1-3H3,(H,23,28,29)/t17-,21-/m1/s1. The summed E-state index contributed by atoms with van der Waals surface area (Å²) >= 11 is 0. The number of amides is 1. The number of fused-ring (bicyclic) bond motifs is 1. The van der Waals surface area contributed by atoms with Crippen molar-refractivity contribution in [1.82, 2.24) is 24.0 Å². The molecule has 0 unspecified atom stereocenters. The summed E-state index contributed by atoms with van der Waals surface area (Å²) < 4.78 is 3.20. The number of hydrogen-bond acceptors (Lipinski definition) is 5. The number of aliphatic hydroxyl groups is 1. The first-order chi connectivity index (χ1) is 14.2. The highest BCUT2D eigenvalue weighted by Crippen LogP contribution is 2.31. The SMILES string of the molecule is Cc1cn([C@@H]2CN(C(=O)Cn3c(C)nc4ccccc43)CC[C@@]2(C)O)c(=O)[nH]c1=O. The smallest absolute Gasteiger partial charge is 0.328 e. The molecular weight excluding hydrogens is 386 g/mol. The van der Waals surface area contributed by atoms with Crippen molar-refractivity contribution >= 4 is 16.9 Å². The lowest BCUT2D eigenvalue weighted by molar-refractivity contribution is -0.138. The molecule has 1 aromatic carbocycles. The van der Waals surface area contributed by atoms with Gasteiger partial charge >= 0.3 is 5.69 Å². The molecule has 3 heterocycles. The van der Waals surface area contributed by atoms with E-state index in [2.05, 4.69) is 9.97 Å². The lowest BCUT2D eigenvalue weighted by Gasteiger charge is -2.43. The van der Waals surface area contributed by atoms with Crippen LogP contribution in [0.4, 0.5) is 0 Å². The van der Waals surface area contributed by atoms with Crippen molar-refractivity contribution in [2.45, 2.75) is 45.4 Å². The Labute approximate surface area is 172 Å². The molecule has 1 aliphatic heterocycles. The highest BCUT2D eigenvalue weighted by molar-refractivity contribution is 5.81. The first-order valence-electron chi connectivity index (χ1n) is 9.91. The predicted octanol–water partition coefficient (Wildman–Crippen LogP) is 0.728. The topological polar surface area (TPSA) is 113 Å². The first kappa shape index (κ1) is 20.1. The van der Waals surface area contributed by atoms with Crippen molar-refractivity contribution in [1.29, 1.82) is 0 Å². The van der Waals surface area contributed by atoms with Crippen LogP contribution in [0.15, 0.2) is 40.1 Å². The van der Waals surface area contributed by atoms with E-state index in [-0.39, 0.29) is 19.0 Å². The number of aryl methyl sites for hydroxylation is 2. The monoisotopic (exact) mass is 411 g/mol. The fourth-order valence-electron chi connectivity index (χ4n) is 4.09. The molecule has 1 aliphatic rings. The van der Waals surface area contributed by atoms with Gasteiger partial charge in [0.1, 0.15) is 12.4 Å². The normalized spacial score (nSPS) is 21.9. The minimum Gasteiger partial charge on any atom is -0.388 e. The van der Waals surface area contributed by atoms with Gasteiger partial charge in [0, 0.05) is 24.8 Å². The molecule has 2 aromatic heterocycles. The van der Waals surface area contributed by atoms with Gasteiger partial charge in [0.05, 0.1) is 22.7 Å². The van der Waals surface area contributed by atoms with Crippen LogP contribution in [-0.2, 0) is 11.3 Å². The number of rotatable bonds is 3. The summed E-state index contributed by atoms with van der Waals surface area (Å²) in [5.74, 6) is 0.633. The Balaban J connectivity index is 1.62. The number of aromatic amines is 1. The summed E-state index contributed by atoms with van der Waals surface area (Å²) in [5.41, 5.74) is -0.157. The Morgan fingerprint density at radius 1 is 1.30 bits per heavy atom.